The van der Waals surface area contributed by atoms with Gasteiger partial charge in [-0.2, -0.15) is 0 Å². The standard InChI is InChI=1S/C31H39N3O4S/c1-5-32-31(36)29(22-26-14-7-6-8-15-26)33(23-27-16-9-12-24(2)20-27)30(35)18-11-19-34(39(4,37)38)28-17-10-13-25(3)21-28/h6-10,12-17,20-21,29H,5,11,18-19,22-23H2,1-4H3,(H,32,36)/t29-/m0/s1. The number of carbonyl (C=O) groups is 2. The molecule has 1 atom stereocenters. The molecule has 3 rings (SSSR count). The highest BCUT2D eigenvalue weighted by molar-refractivity contribution is 7.92. The number of carbonyl (C=O) groups excluding carboxylic acids is 2. The summed E-state index contributed by atoms with van der Waals surface area (Å²) < 4.78 is 26.5. The number of aryl methyl sites for hydroxylation is 2. The topological polar surface area (TPSA) is 86.8 Å². The summed E-state index contributed by atoms with van der Waals surface area (Å²) in [4.78, 5) is 28.7. The summed E-state index contributed by atoms with van der Waals surface area (Å²) in [6.45, 7) is 6.65. The molecule has 0 aliphatic rings. The molecule has 0 saturated carbocycles. The van der Waals surface area contributed by atoms with Crippen LogP contribution in [0.1, 0.15) is 42.0 Å². The third kappa shape index (κ3) is 8.96. The minimum atomic E-state index is -3.54. The van der Waals surface area contributed by atoms with E-state index in [2.05, 4.69) is 5.32 Å². The Bertz CT molecular complexity index is 1360. The maximum Gasteiger partial charge on any atom is 0.243 e. The van der Waals surface area contributed by atoms with Gasteiger partial charge in [0, 0.05) is 32.5 Å². The number of hydrogen-bond donors (Lipinski definition) is 1. The van der Waals surface area contributed by atoms with Crippen molar-refractivity contribution in [3.63, 3.8) is 0 Å². The number of rotatable bonds is 13. The number of amides is 2. The molecule has 0 aromatic heterocycles. The Morgan fingerprint density at radius 1 is 0.872 bits per heavy atom. The summed E-state index contributed by atoms with van der Waals surface area (Å²) in [7, 11) is -3.54. The summed E-state index contributed by atoms with van der Waals surface area (Å²) in [5.41, 5.74) is 4.49. The lowest BCUT2D eigenvalue weighted by atomic mass is 10.0. The SMILES string of the molecule is CCNC(=O)[C@H](Cc1ccccc1)N(Cc1cccc(C)c1)C(=O)CCCN(c1cccc(C)c1)S(C)(=O)=O. The highest BCUT2D eigenvalue weighted by atomic mass is 32.2. The molecule has 0 saturated heterocycles. The smallest absolute Gasteiger partial charge is 0.243 e. The van der Waals surface area contributed by atoms with E-state index in [0.29, 0.717) is 25.1 Å². The Balaban J connectivity index is 1.86. The average Bonchev–Trinajstić information content (AvgIpc) is 2.88. The Morgan fingerprint density at radius 2 is 1.51 bits per heavy atom. The van der Waals surface area contributed by atoms with Gasteiger partial charge in [0.15, 0.2) is 0 Å². The number of likely N-dealkylation sites (N-methyl/N-ethyl adjacent to an activating group) is 1. The Kier molecular flexibility index (Phi) is 10.7. The number of nitrogens with zero attached hydrogens (tertiary/aromatic N) is 2. The molecule has 208 valence electrons. The van der Waals surface area contributed by atoms with Gasteiger partial charge in [-0.25, -0.2) is 8.42 Å². The van der Waals surface area contributed by atoms with E-state index in [-0.39, 0.29) is 31.3 Å². The van der Waals surface area contributed by atoms with Crippen LogP contribution in [0.25, 0.3) is 0 Å². The van der Waals surface area contributed by atoms with Gasteiger partial charge in [-0.15, -0.1) is 0 Å². The molecule has 7 nitrogen and oxygen atoms in total. The van der Waals surface area contributed by atoms with Crippen molar-refractivity contribution in [1.29, 1.82) is 0 Å². The van der Waals surface area contributed by atoms with Crippen LogP contribution in [0.2, 0.25) is 0 Å². The maximum atomic E-state index is 13.8. The highest BCUT2D eigenvalue weighted by Crippen LogP contribution is 2.21. The van der Waals surface area contributed by atoms with Crippen molar-refractivity contribution in [1.82, 2.24) is 10.2 Å². The molecule has 0 heterocycles. The van der Waals surface area contributed by atoms with Crippen LogP contribution in [0.15, 0.2) is 78.9 Å². The minimum Gasteiger partial charge on any atom is -0.355 e. The normalized spacial score (nSPS) is 12.0. The summed E-state index contributed by atoms with van der Waals surface area (Å²) in [5.74, 6) is -0.402. The quantitative estimate of drug-likeness (QED) is 0.337. The molecular weight excluding hydrogens is 510 g/mol. The van der Waals surface area contributed by atoms with Crippen LogP contribution in [-0.4, -0.2) is 50.5 Å². The van der Waals surface area contributed by atoms with E-state index in [1.54, 1.807) is 11.0 Å². The molecule has 39 heavy (non-hydrogen) atoms. The number of nitrogens with one attached hydrogen (secondary N) is 1. The fraction of sp³-hybridized carbons (Fsp3) is 0.355. The maximum absolute atomic E-state index is 13.8. The van der Waals surface area contributed by atoms with Gasteiger partial charge < -0.3 is 10.2 Å². The Morgan fingerprint density at radius 3 is 2.13 bits per heavy atom. The number of benzene rings is 3. The number of hydrogen-bond acceptors (Lipinski definition) is 4. The zero-order chi connectivity index (χ0) is 28.4. The van der Waals surface area contributed by atoms with E-state index in [1.165, 1.54) is 10.6 Å². The first-order chi connectivity index (χ1) is 18.6. The van der Waals surface area contributed by atoms with Crippen molar-refractivity contribution >= 4 is 27.5 Å². The van der Waals surface area contributed by atoms with Crippen molar-refractivity contribution in [3.8, 4) is 0 Å². The van der Waals surface area contributed by atoms with Gasteiger partial charge in [0.25, 0.3) is 0 Å². The lowest BCUT2D eigenvalue weighted by Gasteiger charge is -2.32. The summed E-state index contributed by atoms with van der Waals surface area (Å²) in [6, 6.07) is 24.2. The molecule has 0 aliphatic carbocycles. The van der Waals surface area contributed by atoms with E-state index < -0.39 is 16.1 Å². The second kappa shape index (κ2) is 13.9. The molecule has 3 aromatic rings. The molecule has 0 bridgehead atoms. The van der Waals surface area contributed by atoms with Gasteiger partial charge in [-0.05, 0) is 56.0 Å². The summed E-state index contributed by atoms with van der Waals surface area (Å²) >= 11 is 0. The molecule has 1 N–H and O–H groups in total. The predicted molar refractivity (Wildman–Crippen MR) is 157 cm³/mol. The van der Waals surface area contributed by atoms with E-state index >= 15 is 0 Å². The first-order valence-electron chi connectivity index (χ1n) is 13.3. The Hall–Kier alpha value is -3.65. The first-order valence-corrected chi connectivity index (χ1v) is 15.1. The second-order valence-electron chi connectivity index (χ2n) is 9.89. The van der Waals surface area contributed by atoms with Crippen molar-refractivity contribution in [2.45, 2.75) is 52.6 Å². The van der Waals surface area contributed by atoms with Crippen LogP contribution in [0, 0.1) is 13.8 Å². The van der Waals surface area contributed by atoms with Crippen molar-refractivity contribution in [2.24, 2.45) is 0 Å². The second-order valence-corrected chi connectivity index (χ2v) is 11.8. The van der Waals surface area contributed by atoms with Crippen LogP contribution in [0.4, 0.5) is 5.69 Å². The monoisotopic (exact) mass is 549 g/mol. The van der Waals surface area contributed by atoms with Crippen LogP contribution in [-0.2, 0) is 32.6 Å². The first kappa shape index (κ1) is 29.9. The molecular formula is C31H39N3O4S. The molecule has 0 spiro atoms. The van der Waals surface area contributed by atoms with Crippen LogP contribution in [0.3, 0.4) is 0 Å². The fourth-order valence-corrected chi connectivity index (χ4v) is 5.60. The summed E-state index contributed by atoms with van der Waals surface area (Å²) in [6.07, 6.45) is 1.97. The van der Waals surface area contributed by atoms with Crippen LogP contribution in [0.5, 0.6) is 0 Å². The van der Waals surface area contributed by atoms with Gasteiger partial charge in [0.05, 0.1) is 11.9 Å². The third-order valence-corrected chi connectivity index (χ3v) is 7.69. The van der Waals surface area contributed by atoms with E-state index in [4.69, 9.17) is 0 Å². The molecule has 8 heteroatoms. The molecule has 3 aromatic carbocycles. The van der Waals surface area contributed by atoms with Crippen molar-refractivity contribution < 1.29 is 18.0 Å². The average molecular weight is 550 g/mol. The molecule has 0 radical (unpaired) electrons. The number of sulfonamides is 1. The van der Waals surface area contributed by atoms with E-state index in [9.17, 15) is 18.0 Å². The molecule has 2 amide bonds. The lowest BCUT2D eigenvalue weighted by molar-refractivity contribution is -0.141. The van der Waals surface area contributed by atoms with Crippen LogP contribution >= 0.6 is 0 Å². The van der Waals surface area contributed by atoms with E-state index in [1.807, 2.05) is 93.6 Å². The third-order valence-electron chi connectivity index (χ3n) is 6.50. The molecule has 0 unspecified atom stereocenters. The van der Waals surface area contributed by atoms with Crippen molar-refractivity contribution in [3.05, 3.63) is 101 Å². The zero-order valence-corrected chi connectivity index (χ0v) is 24.1. The lowest BCUT2D eigenvalue weighted by Crippen LogP contribution is -2.50. The largest absolute Gasteiger partial charge is 0.355 e. The van der Waals surface area contributed by atoms with Gasteiger partial charge in [-0.1, -0.05) is 72.3 Å². The Labute approximate surface area is 232 Å². The molecule has 0 aliphatic heterocycles. The van der Waals surface area contributed by atoms with Crippen LogP contribution < -0.4 is 9.62 Å². The van der Waals surface area contributed by atoms with Gasteiger partial charge in [-0.3, -0.25) is 13.9 Å². The summed E-state index contributed by atoms with van der Waals surface area (Å²) in [5, 5.41) is 2.90. The predicted octanol–water partition coefficient (Wildman–Crippen LogP) is 4.63. The van der Waals surface area contributed by atoms with Gasteiger partial charge in [0.1, 0.15) is 6.04 Å². The highest BCUT2D eigenvalue weighted by Gasteiger charge is 2.30. The van der Waals surface area contributed by atoms with Gasteiger partial charge in [0.2, 0.25) is 21.8 Å². The molecule has 0 fully saturated rings. The van der Waals surface area contributed by atoms with E-state index in [0.717, 1.165) is 22.3 Å². The number of anilines is 1. The van der Waals surface area contributed by atoms with Gasteiger partial charge >= 0.3 is 0 Å². The fourth-order valence-electron chi connectivity index (χ4n) is 4.64. The van der Waals surface area contributed by atoms with Crippen molar-refractivity contribution in [2.75, 3.05) is 23.7 Å². The zero-order valence-electron chi connectivity index (χ0n) is 23.3. The minimum absolute atomic E-state index is 0.106.